The largest absolute Gasteiger partial charge is 0.381 e. The summed E-state index contributed by atoms with van der Waals surface area (Å²) in [7, 11) is 0. The van der Waals surface area contributed by atoms with Gasteiger partial charge in [0.25, 0.3) is 5.91 Å². The van der Waals surface area contributed by atoms with Crippen molar-refractivity contribution in [1.29, 1.82) is 0 Å². The Balaban J connectivity index is 1.56. The first-order chi connectivity index (χ1) is 14.5. The van der Waals surface area contributed by atoms with Crippen molar-refractivity contribution in [2.75, 3.05) is 19.8 Å². The van der Waals surface area contributed by atoms with Crippen molar-refractivity contribution < 1.29 is 9.53 Å². The summed E-state index contributed by atoms with van der Waals surface area (Å²) in [5, 5.41) is 11.6. The molecular formula is C23H33N5O2. The molecule has 1 fully saturated rings. The quantitative estimate of drug-likeness (QED) is 0.819. The highest BCUT2D eigenvalue weighted by molar-refractivity contribution is 5.93. The van der Waals surface area contributed by atoms with E-state index in [1.165, 1.54) is 11.1 Å². The average molecular weight is 412 g/mol. The number of carbonyl (C=O) groups excluding carboxylic acids is 1. The van der Waals surface area contributed by atoms with Gasteiger partial charge >= 0.3 is 0 Å². The fraction of sp³-hybridized carbons (Fsp3) is 0.609. The van der Waals surface area contributed by atoms with Gasteiger partial charge in [0.05, 0.1) is 11.4 Å². The molecule has 0 saturated carbocycles. The lowest BCUT2D eigenvalue weighted by molar-refractivity contribution is 0.0290. The molecule has 1 atom stereocenters. The standard InChI is InChI=1S/C23H33N5O2/c1-15(2)16(3)24-23(29)22-17(4)28(26-25-22)21-7-5-6-18-14-27(11-8-20(18)21)19-9-12-30-13-10-19/h5-7,15-16,19H,8-14H2,1-4H3,(H,24,29)/t16-/m1/s1. The van der Waals surface area contributed by atoms with E-state index >= 15 is 0 Å². The molecule has 2 aromatic rings. The van der Waals surface area contributed by atoms with E-state index in [2.05, 4.69) is 52.6 Å². The zero-order valence-electron chi connectivity index (χ0n) is 18.5. The van der Waals surface area contributed by atoms with Crippen molar-refractivity contribution in [3.8, 4) is 5.69 Å². The van der Waals surface area contributed by atoms with Crippen LogP contribution in [0.4, 0.5) is 0 Å². The Morgan fingerprint density at radius 1 is 1.23 bits per heavy atom. The molecule has 2 aliphatic heterocycles. The van der Waals surface area contributed by atoms with Gasteiger partial charge in [0.1, 0.15) is 0 Å². The van der Waals surface area contributed by atoms with Crippen molar-refractivity contribution in [3.63, 3.8) is 0 Å². The molecule has 2 aliphatic rings. The number of aromatic nitrogens is 3. The number of amides is 1. The Bertz CT molecular complexity index is 901. The Morgan fingerprint density at radius 2 is 2.00 bits per heavy atom. The van der Waals surface area contributed by atoms with Crippen molar-refractivity contribution in [3.05, 3.63) is 40.7 Å². The molecule has 4 rings (SSSR count). The fourth-order valence-corrected chi connectivity index (χ4v) is 4.38. The molecule has 0 aliphatic carbocycles. The second-order valence-electron chi connectivity index (χ2n) is 8.92. The van der Waals surface area contributed by atoms with Gasteiger partial charge in [-0.15, -0.1) is 5.10 Å². The lowest BCUT2D eigenvalue weighted by Crippen LogP contribution is -2.42. The number of fused-ring (bicyclic) bond motifs is 1. The van der Waals surface area contributed by atoms with Gasteiger partial charge in [-0.1, -0.05) is 31.2 Å². The van der Waals surface area contributed by atoms with Crippen LogP contribution in [-0.4, -0.2) is 57.6 Å². The summed E-state index contributed by atoms with van der Waals surface area (Å²) in [6.45, 7) is 11.9. The van der Waals surface area contributed by atoms with E-state index in [4.69, 9.17) is 4.74 Å². The molecule has 30 heavy (non-hydrogen) atoms. The first-order valence-electron chi connectivity index (χ1n) is 11.1. The molecule has 1 N–H and O–H groups in total. The summed E-state index contributed by atoms with van der Waals surface area (Å²) in [5.74, 6) is 0.208. The maximum absolute atomic E-state index is 12.7. The summed E-state index contributed by atoms with van der Waals surface area (Å²) in [5.41, 5.74) is 4.89. The van der Waals surface area contributed by atoms with E-state index in [9.17, 15) is 4.79 Å². The Hall–Kier alpha value is -2.25. The van der Waals surface area contributed by atoms with Gasteiger partial charge in [0.2, 0.25) is 0 Å². The molecule has 0 radical (unpaired) electrons. The maximum atomic E-state index is 12.7. The minimum atomic E-state index is -0.157. The van der Waals surface area contributed by atoms with Gasteiger partial charge in [0.15, 0.2) is 5.69 Å². The summed E-state index contributed by atoms with van der Waals surface area (Å²) >= 11 is 0. The summed E-state index contributed by atoms with van der Waals surface area (Å²) in [6, 6.07) is 7.09. The number of benzene rings is 1. The molecule has 162 valence electrons. The number of ether oxygens (including phenoxy) is 1. The maximum Gasteiger partial charge on any atom is 0.273 e. The highest BCUT2D eigenvalue weighted by atomic mass is 16.5. The first-order valence-corrected chi connectivity index (χ1v) is 11.1. The van der Waals surface area contributed by atoms with Crippen LogP contribution in [-0.2, 0) is 17.7 Å². The van der Waals surface area contributed by atoms with Crippen molar-refractivity contribution in [1.82, 2.24) is 25.2 Å². The van der Waals surface area contributed by atoms with Gasteiger partial charge in [-0.3, -0.25) is 9.69 Å². The van der Waals surface area contributed by atoms with Crippen LogP contribution in [0.3, 0.4) is 0 Å². The molecule has 0 spiro atoms. The zero-order valence-corrected chi connectivity index (χ0v) is 18.5. The molecule has 1 aromatic heterocycles. The average Bonchev–Trinajstić information content (AvgIpc) is 3.14. The van der Waals surface area contributed by atoms with Crippen LogP contribution in [0.2, 0.25) is 0 Å². The molecule has 3 heterocycles. The molecule has 1 amide bonds. The van der Waals surface area contributed by atoms with E-state index in [1.807, 2.05) is 18.5 Å². The Kier molecular flexibility index (Phi) is 6.20. The van der Waals surface area contributed by atoms with Crippen LogP contribution in [0.5, 0.6) is 0 Å². The number of nitrogens with zero attached hydrogens (tertiary/aromatic N) is 4. The Labute approximate surface area is 178 Å². The third-order valence-electron chi connectivity index (χ3n) is 6.67. The van der Waals surface area contributed by atoms with Crippen LogP contribution >= 0.6 is 0 Å². The number of hydrogen-bond acceptors (Lipinski definition) is 5. The van der Waals surface area contributed by atoms with Gasteiger partial charge < -0.3 is 10.1 Å². The first kappa shape index (κ1) is 21.0. The van der Waals surface area contributed by atoms with Gasteiger partial charge in [-0.25, -0.2) is 4.68 Å². The van der Waals surface area contributed by atoms with E-state index in [0.29, 0.717) is 17.7 Å². The van der Waals surface area contributed by atoms with Crippen LogP contribution in [0.15, 0.2) is 18.2 Å². The number of hydrogen-bond donors (Lipinski definition) is 1. The number of carbonyl (C=O) groups is 1. The predicted octanol–water partition coefficient (Wildman–Crippen LogP) is 2.89. The van der Waals surface area contributed by atoms with Crippen molar-refractivity contribution in [2.24, 2.45) is 5.92 Å². The van der Waals surface area contributed by atoms with E-state index < -0.39 is 0 Å². The summed E-state index contributed by atoms with van der Waals surface area (Å²) < 4.78 is 7.36. The normalized spacial score (nSPS) is 19.0. The molecule has 1 saturated heterocycles. The van der Waals surface area contributed by atoms with Crippen LogP contribution in [0.1, 0.15) is 60.9 Å². The molecule has 0 bridgehead atoms. The SMILES string of the molecule is Cc1c(C(=O)N[C@H](C)C(C)C)nnn1-c1cccc2c1CCN(C1CCOCC1)C2. The van der Waals surface area contributed by atoms with Gasteiger partial charge in [-0.05, 0) is 56.2 Å². The molecule has 7 nitrogen and oxygen atoms in total. The molecule has 1 aromatic carbocycles. The molecule has 7 heteroatoms. The second kappa shape index (κ2) is 8.86. The Morgan fingerprint density at radius 3 is 2.73 bits per heavy atom. The van der Waals surface area contributed by atoms with Crippen LogP contribution in [0.25, 0.3) is 5.69 Å². The lowest BCUT2D eigenvalue weighted by Gasteiger charge is -2.38. The van der Waals surface area contributed by atoms with Crippen LogP contribution < -0.4 is 5.32 Å². The zero-order chi connectivity index (χ0) is 21.3. The van der Waals surface area contributed by atoms with Crippen molar-refractivity contribution >= 4 is 5.91 Å². The third-order valence-corrected chi connectivity index (χ3v) is 6.67. The molecular weight excluding hydrogens is 378 g/mol. The monoisotopic (exact) mass is 411 g/mol. The van der Waals surface area contributed by atoms with Crippen LogP contribution in [0, 0.1) is 12.8 Å². The van der Waals surface area contributed by atoms with Gasteiger partial charge in [0, 0.05) is 38.4 Å². The second-order valence-corrected chi connectivity index (χ2v) is 8.92. The number of nitrogens with one attached hydrogen (secondary N) is 1. The topological polar surface area (TPSA) is 72.3 Å². The number of rotatable bonds is 5. The van der Waals surface area contributed by atoms with E-state index in [0.717, 1.165) is 56.9 Å². The lowest BCUT2D eigenvalue weighted by atomic mass is 9.95. The minimum Gasteiger partial charge on any atom is -0.381 e. The minimum absolute atomic E-state index is 0.0858. The van der Waals surface area contributed by atoms with E-state index in [-0.39, 0.29) is 11.9 Å². The fourth-order valence-electron chi connectivity index (χ4n) is 4.38. The predicted molar refractivity (Wildman–Crippen MR) is 116 cm³/mol. The summed E-state index contributed by atoms with van der Waals surface area (Å²) in [4.78, 5) is 15.3. The highest BCUT2D eigenvalue weighted by Crippen LogP contribution is 2.29. The smallest absolute Gasteiger partial charge is 0.273 e. The van der Waals surface area contributed by atoms with E-state index in [1.54, 1.807) is 0 Å². The third kappa shape index (κ3) is 4.14. The summed E-state index contributed by atoms with van der Waals surface area (Å²) in [6.07, 6.45) is 3.21. The highest BCUT2D eigenvalue weighted by Gasteiger charge is 2.28. The molecule has 0 unspecified atom stereocenters. The van der Waals surface area contributed by atoms with Gasteiger partial charge in [-0.2, -0.15) is 0 Å². The van der Waals surface area contributed by atoms with Crippen molar-refractivity contribution in [2.45, 2.75) is 65.6 Å².